The number of amidine groups is 1. The first-order valence-electron chi connectivity index (χ1n) is 14.4. The molecule has 0 saturated carbocycles. The van der Waals surface area contributed by atoms with E-state index in [1.165, 1.54) is 0 Å². The van der Waals surface area contributed by atoms with Crippen LogP contribution >= 0.6 is 0 Å². The predicted octanol–water partition coefficient (Wildman–Crippen LogP) is 3.64. The summed E-state index contributed by atoms with van der Waals surface area (Å²) in [6.45, 7) is 6.09. The summed E-state index contributed by atoms with van der Waals surface area (Å²) >= 11 is 0. The van der Waals surface area contributed by atoms with Gasteiger partial charge in [0.05, 0.1) is 17.4 Å². The molecule has 0 radical (unpaired) electrons. The number of alkyl halides is 3. The third kappa shape index (κ3) is 7.46. The van der Waals surface area contributed by atoms with Gasteiger partial charge in [0.2, 0.25) is 10.0 Å². The predicted molar refractivity (Wildman–Crippen MR) is 156 cm³/mol. The minimum Gasteiger partial charge on any atom is -0.393 e. The van der Waals surface area contributed by atoms with Crippen molar-refractivity contribution in [2.75, 3.05) is 25.4 Å². The Morgan fingerprint density at radius 3 is 2.39 bits per heavy atom. The van der Waals surface area contributed by atoms with Crippen LogP contribution in [0.5, 0.6) is 0 Å². The maximum atomic E-state index is 13.7. The number of likely N-dealkylation sites (tertiary alicyclic amines) is 1. The fourth-order valence-electron chi connectivity index (χ4n) is 5.61. The molecule has 44 heavy (non-hydrogen) atoms. The highest BCUT2D eigenvalue weighted by atomic mass is 32.2. The van der Waals surface area contributed by atoms with Gasteiger partial charge in [0, 0.05) is 30.8 Å². The van der Waals surface area contributed by atoms with Crippen LogP contribution in [0, 0.1) is 19.7 Å². The van der Waals surface area contributed by atoms with E-state index in [2.05, 4.69) is 15.0 Å². The van der Waals surface area contributed by atoms with E-state index in [-0.39, 0.29) is 48.9 Å². The number of carbonyl (C=O) groups excluding carboxylic acids is 2. The van der Waals surface area contributed by atoms with E-state index in [4.69, 9.17) is 0 Å². The molecule has 2 aliphatic rings. The smallest absolute Gasteiger partial charge is 0.393 e. The van der Waals surface area contributed by atoms with E-state index in [1.807, 2.05) is 13.8 Å². The molecule has 1 unspecified atom stereocenters. The molecule has 1 fully saturated rings. The molecule has 2 aromatic rings. The number of carbonyl (C=O) groups is 2. The Balaban J connectivity index is 1.38. The zero-order valence-corrected chi connectivity index (χ0v) is 25.5. The van der Waals surface area contributed by atoms with E-state index >= 15 is 0 Å². The zero-order valence-electron chi connectivity index (χ0n) is 24.7. The van der Waals surface area contributed by atoms with Crippen LogP contribution in [0.3, 0.4) is 0 Å². The van der Waals surface area contributed by atoms with E-state index in [0.29, 0.717) is 43.6 Å². The minimum absolute atomic E-state index is 0.0478. The lowest BCUT2D eigenvalue weighted by Gasteiger charge is -2.30. The first kappa shape index (κ1) is 33.5. The summed E-state index contributed by atoms with van der Waals surface area (Å²) in [6.07, 6.45) is -3.98. The highest BCUT2D eigenvalue weighted by Crippen LogP contribution is 2.33. The number of aliphatic hydroxyl groups is 1. The molecule has 9 nitrogen and oxygen atoms in total. The van der Waals surface area contributed by atoms with Gasteiger partial charge < -0.3 is 15.3 Å². The van der Waals surface area contributed by atoms with Gasteiger partial charge in [0.1, 0.15) is 17.2 Å². The van der Waals surface area contributed by atoms with Gasteiger partial charge >= 0.3 is 6.18 Å². The highest BCUT2D eigenvalue weighted by Gasteiger charge is 2.43. The molecule has 2 aliphatic heterocycles. The van der Waals surface area contributed by atoms with Crippen LogP contribution in [-0.2, 0) is 27.4 Å². The van der Waals surface area contributed by atoms with Crippen molar-refractivity contribution in [2.24, 2.45) is 4.99 Å². The highest BCUT2D eigenvalue weighted by molar-refractivity contribution is 7.89. The Morgan fingerprint density at radius 1 is 1.16 bits per heavy atom. The number of aryl methyl sites for hydroxylation is 2. The molecule has 0 aromatic heterocycles. The fourth-order valence-corrected chi connectivity index (χ4v) is 6.64. The van der Waals surface area contributed by atoms with Crippen LogP contribution < -0.4 is 10.0 Å². The van der Waals surface area contributed by atoms with Crippen LogP contribution in [0.25, 0.3) is 0 Å². The first-order valence-corrected chi connectivity index (χ1v) is 16.0. The second kappa shape index (κ2) is 12.9. The maximum absolute atomic E-state index is 13.7. The lowest BCUT2D eigenvalue weighted by molar-refractivity contribution is -0.140. The van der Waals surface area contributed by atoms with Crippen molar-refractivity contribution in [3.63, 3.8) is 0 Å². The number of hydrogen-bond donors (Lipinski definition) is 3. The molecule has 3 N–H and O–H groups in total. The normalized spacial score (nSPS) is 19.7. The summed E-state index contributed by atoms with van der Waals surface area (Å²) in [4.78, 5) is 31.8. The number of aliphatic hydroxyl groups excluding tert-OH is 1. The Labute approximate surface area is 253 Å². The third-order valence-corrected chi connectivity index (χ3v) is 9.67. The van der Waals surface area contributed by atoms with Crippen LogP contribution in [0.15, 0.2) is 35.3 Å². The summed E-state index contributed by atoms with van der Waals surface area (Å²) in [5.41, 5.74) is -0.135. The molecule has 4 rings (SSSR count). The summed E-state index contributed by atoms with van der Waals surface area (Å²) in [7, 11) is -3.79. The third-order valence-electron chi connectivity index (χ3n) is 8.29. The van der Waals surface area contributed by atoms with Crippen molar-refractivity contribution < 1.29 is 40.7 Å². The van der Waals surface area contributed by atoms with E-state index in [0.717, 1.165) is 22.8 Å². The van der Waals surface area contributed by atoms with Gasteiger partial charge in [0.15, 0.2) is 0 Å². The Morgan fingerprint density at radius 2 is 1.80 bits per heavy atom. The molecule has 14 heteroatoms. The van der Waals surface area contributed by atoms with Gasteiger partial charge in [0.25, 0.3) is 11.8 Å². The van der Waals surface area contributed by atoms with Crippen LogP contribution in [0.1, 0.15) is 70.8 Å². The molecular formula is C30H36F4N4O5S. The number of aliphatic imine (C=N–C) groups is 1. The maximum Gasteiger partial charge on any atom is 0.419 e. The average Bonchev–Trinajstić information content (AvgIpc) is 3.28. The van der Waals surface area contributed by atoms with Crippen molar-refractivity contribution in [1.29, 1.82) is 0 Å². The molecule has 1 saturated heterocycles. The average molecular weight is 641 g/mol. The van der Waals surface area contributed by atoms with Crippen molar-refractivity contribution in [1.82, 2.24) is 14.9 Å². The van der Waals surface area contributed by atoms with E-state index in [1.54, 1.807) is 24.0 Å². The van der Waals surface area contributed by atoms with Gasteiger partial charge in [-0.15, -0.1) is 0 Å². The van der Waals surface area contributed by atoms with Crippen LogP contribution in [0.4, 0.5) is 17.6 Å². The van der Waals surface area contributed by atoms with Crippen molar-refractivity contribution in [3.8, 4) is 0 Å². The Hall–Kier alpha value is -3.36. The Bertz CT molecular complexity index is 1550. The van der Waals surface area contributed by atoms with Crippen molar-refractivity contribution in [3.05, 3.63) is 69.5 Å². The summed E-state index contributed by atoms with van der Waals surface area (Å²) < 4.78 is 81.5. The molecule has 240 valence electrons. The lowest BCUT2D eigenvalue weighted by atomic mass is 9.93. The first-order chi connectivity index (χ1) is 20.5. The molecule has 2 aromatic carbocycles. The van der Waals surface area contributed by atoms with Crippen molar-refractivity contribution in [2.45, 2.75) is 70.7 Å². The molecule has 1 atom stereocenters. The number of benzene rings is 2. The number of nitrogens with zero attached hydrogens (tertiary/aromatic N) is 2. The van der Waals surface area contributed by atoms with Crippen LogP contribution in [-0.4, -0.2) is 73.1 Å². The number of rotatable bonds is 10. The largest absolute Gasteiger partial charge is 0.419 e. The molecule has 2 heterocycles. The fraction of sp³-hybridized carbons (Fsp3) is 0.500. The van der Waals surface area contributed by atoms with Gasteiger partial charge in [-0.25, -0.2) is 17.5 Å². The molecule has 2 amide bonds. The van der Waals surface area contributed by atoms with Gasteiger partial charge in [-0.1, -0.05) is 6.92 Å². The second-order valence-electron chi connectivity index (χ2n) is 11.3. The SMILES string of the molecule is CCC1(CCNS(=O)(=O)CCc2c(C)cc(C(=O)N3CCC(O)CC3)cc2C)N=C(c2ccc(F)c(C(F)(F)F)c2)NC1=O. The Kier molecular flexibility index (Phi) is 9.86. The minimum atomic E-state index is -4.93. The van der Waals surface area contributed by atoms with Gasteiger partial charge in [-0.05, 0) is 93.0 Å². The number of nitrogens with one attached hydrogen (secondary N) is 2. The number of piperidine rings is 1. The number of sulfonamides is 1. The number of halogens is 4. The second-order valence-corrected chi connectivity index (χ2v) is 13.2. The lowest BCUT2D eigenvalue weighted by Crippen LogP contribution is -2.42. The molecular weight excluding hydrogens is 604 g/mol. The molecule has 0 bridgehead atoms. The van der Waals surface area contributed by atoms with Crippen molar-refractivity contribution >= 4 is 27.7 Å². The van der Waals surface area contributed by atoms with Gasteiger partial charge in [-0.2, -0.15) is 13.2 Å². The standard InChI is InChI=1S/C30H36F4N4O5S/c1-4-29(28(41)36-26(37-29)20-5-6-25(31)24(17-20)30(32,33)34)10-11-35-44(42,43)14-9-23-18(2)15-21(16-19(23)3)27(40)38-12-7-22(39)8-13-38/h5-6,15-17,22,35,39H,4,7-14H2,1-3H3,(H,36,37,41). The topological polar surface area (TPSA) is 128 Å². The van der Waals surface area contributed by atoms with E-state index < -0.39 is 45.1 Å². The number of amides is 2. The quantitative estimate of drug-likeness (QED) is 0.342. The molecule has 0 aliphatic carbocycles. The summed E-state index contributed by atoms with van der Waals surface area (Å²) in [5.74, 6) is -2.56. The van der Waals surface area contributed by atoms with E-state index in [9.17, 15) is 40.7 Å². The molecule has 0 spiro atoms. The monoisotopic (exact) mass is 640 g/mol. The van der Waals surface area contributed by atoms with Gasteiger partial charge in [-0.3, -0.25) is 14.6 Å². The number of hydrogen-bond acceptors (Lipinski definition) is 6. The van der Waals surface area contributed by atoms with Crippen LogP contribution in [0.2, 0.25) is 0 Å². The zero-order chi connectivity index (χ0) is 32.4. The summed E-state index contributed by atoms with van der Waals surface area (Å²) in [6, 6.07) is 5.81. The summed E-state index contributed by atoms with van der Waals surface area (Å²) in [5, 5.41) is 12.2.